The number of aryl methyl sites for hydroxylation is 2. The molecule has 4 aromatic heterocycles. The van der Waals surface area contributed by atoms with Gasteiger partial charge in [-0.25, -0.2) is 6.07 Å². The van der Waals surface area contributed by atoms with Gasteiger partial charge in [0, 0.05) is 32.7 Å². The van der Waals surface area contributed by atoms with Crippen LogP contribution in [0, 0.1) is 5.38 Å². The van der Waals surface area contributed by atoms with Gasteiger partial charge in [0.2, 0.25) is 0 Å². The van der Waals surface area contributed by atoms with Crippen molar-refractivity contribution in [1.82, 2.24) is 0 Å². The standard InChI is InChI=1S/C16H22S2.C12H19BrS.C4H8O.C4H3S.BrH.Mg/c1-2-3-4-5-6-7-9-14-11-12-16(18-14)15-10-8-13-17-15;1-2-3-4-5-6-7-8-11-9-10-12(13)14-11;2*1-2-4-5-3-1;;/h8,10-13H,2-7,9H2,1H3;9-10H,2-8H2,1H3;1-4H2;1-3H;1H;/q;;;-1;;+2/p-1. The van der Waals surface area contributed by atoms with Crippen molar-refractivity contribution >= 4 is 84.3 Å². The van der Waals surface area contributed by atoms with Crippen molar-refractivity contribution in [2.75, 3.05) is 13.2 Å². The molecular formula is C36H52Br2MgOS4. The average Bonchev–Trinajstić information content (AvgIpc) is 3.84. The molecule has 1 nitrogen and oxygen atoms in total. The third-order valence-corrected chi connectivity index (χ3v) is 11.3. The summed E-state index contributed by atoms with van der Waals surface area (Å²) < 4.78 is 6.21. The third-order valence-electron chi connectivity index (χ3n) is 6.81. The van der Waals surface area contributed by atoms with Crippen LogP contribution >= 0.6 is 61.3 Å². The second-order valence-corrected chi connectivity index (χ2v) is 15.9. The first-order chi connectivity index (χ1) is 20.7. The van der Waals surface area contributed by atoms with Crippen LogP contribution < -0.4 is 17.0 Å². The Balaban J connectivity index is 0.000000625. The molecule has 44 heavy (non-hydrogen) atoms. The molecule has 5 heterocycles. The van der Waals surface area contributed by atoms with Crippen molar-refractivity contribution in [3.63, 3.8) is 0 Å². The summed E-state index contributed by atoms with van der Waals surface area (Å²) in [7, 11) is 0. The average molecular weight is 813 g/mol. The number of thiophene rings is 4. The van der Waals surface area contributed by atoms with Crippen molar-refractivity contribution in [2.24, 2.45) is 0 Å². The van der Waals surface area contributed by atoms with Crippen LogP contribution in [0.5, 0.6) is 0 Å². The van der Waals surface area contributed by atoms with E-state index in [0.717, 1.165) is 13.2 Å². The molecule has 1 fully saturated rings. The molecule has 0 spiro atoms. The number of rotatable bonds is 15. The van der Waals surface area contributed by atoms with E-state index in [1.807, 2.05) is 51.5 Å². The topological polar surface area (TPSA) is 9.23 Å². The van der Waals surface area contributed by atoms with Crippen molar-refractivity contribution in [3.05, 3.63) is 78.2 Å². The number of hydrogen-bond donors (Lipinski definition) is 0. The zero-order chi connectivity index (χ0) is 29.9. The van der Waals surface area contributed by atoms with Gasteiger partial charge < -0.3 is 33.1 Å². The molecule has 0 radical (unpaired) electrons. The summed E-state index contributed by atoms with van der Waals surface area (Å²) in [5.41, 5.74) is 0. The minimum atomic E-state index is 0. The Labute approximate surface area is 320 Å². The second-order valence-electron chi connectivity index (χ2n) is 10.5. The molecule has 4 aromatic rings. The van der Waals surface area contributed by atoms with E-state index < -0.39 is 0 Å². The monoisotopic (exact) mass is 810 g/mol. The molecule has 242 valence electrons. The SMILES string of the molecule is C1CCOC1.CCCCCCCCc1ccc(-c2cccs2)s1.CCCCCCCCc1ccc(Br)s1.[Br-].[Mg+2].[c-]1cccs1. The smallest absolute Gasteiger partial charge is 1.00 e. The summed E-state index contributed by atoms with van der Waals surface area (Å²) in [5.74, 6) is 0. The molecule has 0 N–H and O–H groups in total. The van der Waals surface area contributed by atoms with E-state index in [0.29, 0.717) is 0 Å². The Kier molecular flexibility index (Phi) is 32.4. The van der Waals surface area contributed by atoms with Gasteiger partial charge in [0.15, 0.2) is 0 Å². The molecule has 5 rings (SSSR count). The van der Waals surface area contributed by atoms with E-state index >= 15 is 0 Å². The Morgan fingerprint density at radius 1 is 0.682 bits per heavy atom. The van der Waals surface area contributed by atoms with Gasteiger partial charge in [-0.2, -0.15) is 11.4 Å². The van der Waals surface area contributed by atoms with E-state index in [1.165, 1.54) is 121 Å². The molecule has 1 aliphatic heterocycles. The van der Waals surface area contributed by atoms with Gasteiger partial charge in [0.05, 0.1) is 3.79 Å². The van der Waals surface area contributed by atoms with Crippen LogP contribution in [0.25, 0.3) is 9.75 Å². The maximum atomic E-state index is 4.94. The van der Waals surface area contributed by atoms with Gasteiger partial charge in [0.25, 0.3) is 0 Å². The van der Waals surface area contributed by atoms with Crippen LogP contribution in [0.1, 0.15) is 113 Å². The fraction of sp³-hybridized carbons (Fsp3) is 0.556. The molecule has 0 amide bonds. The summed E-state index contributed by atoms with van der Waals surface area (Å²) >= 11 is 10.8. The second kappa shape index (κ2) is 32.1. The summed E-state index contributed by atoms with van der Waals surface area (Å²) in [5, 5.41) is 7.04. The van der Waals surface area contributed by atoms with Gasteiger partial charge in [-0.05, 0) is 90.2 Å². The van der Waals surface area contributed by atoms with E-state index in [-0.39, 0.29) is 40.0 Å². The van der Waals surface area contributed by atoms with Gasteiger partial charge >= 0.3 is 23.1 Å². The number of halogens is 2. The zero-order valence-corrected chi connectivity index (χ0v) is 34.9. The van der Waals surface area contributed by atoms with E-state index in [2.05, 4.69) is 76.9 Å². The minimum absolute atomic E-state index is 0. The first-order valence-electron chi connectivity index (χ1n) is 16.1. The molecule has 1 aliphatic rings. The zero-order valence-electron chi connectivity index (χ0n) is 27.0. The minimum Gasteiger partial charge on any atom is -1.00 e. The number of hydrogen-bond acceptors (Lipinski definition) is 5. The predicted octanol–water partition coefficient (Wildman–Crippen LogP) is 10.8. The third kappa shape index (κ3) is 23.8. The molecular weight excluding hydrogens is 761 g/mol. The summed E-state index contributed by atoms with van der Waals surface area (Å²) in [6.45, 7) is 6.54. The molecule has 0 aliphatic carbocycles. The Morgan fingerprint density at radius 2 is 1.27 bits per heavy atom. The maximum absolute atomic E-state index is 4.94. The molecule has 0 atom stereocenters. The van der Waals surface area contributed by atoms with Crippen molar-refractivity contribution < 1.29 is 21.7 Å². The maximum Gasteiger partial charge on any atom is 2.00 e. The van der Waals surface area contributed by atoms with Crippen molar-refractivity contribution in [1.29, 1.82) is 0 Å². The van der Waals surface area contributed by atoms with Gasteiger partial charge in [-0.3, -0.25) is 0 Å². The fourth-order valence-corrected chi connectivity index (χ4v) is 8.22. The molecule has 1 saturated heterocycles. The largest absolute Gasteiger partial charge is 2.00 e. The van der Waals surface area contributed by atoms with Crippen LogP contribution in [0.15, 0.2) is 63.1 Å². The molecule has 0 saturated carbocycles. The molecule has 0 bridgehead atoms. The van der Waals surface area contributed by atoms with E-state index in [1.54, 1.807) is 16.2 Å². The quantitative estimate of drug-likeness (QED) is 0.0660. The first-order valence-corrected chi connectivity index (χ1v) is 20.3. The predicted molar refractivity (Wildman–Crippen MR) is 203 cm³/mol. The van der Waals surface area contributed by atoms with E-state index in [9.17, 15) is 0 Å². The van der Waals surface area contributed by atoms with Gasteiger partial charge in [-0.1, -0.05) is 84.1 Å². The Bertz CT molecular complexity index is 1050. The van der Waals surface area contributed by atoms with Gasteiger partial charge in [-0.15, -0.1) is 39.4 Å². The van der Waals surface area contributed by atoms with E-state index in [4.69, 9.17) is 4.74 Å². The van der Waals surface area contributed by atoms with Crippen LogP contribution in [-0.2, 0) is 17.6 Å². The first kappa shape index (κ1) is 44.5. The number of unbranched alkanes of at least 4 members (excludes halogenated alkanes) is 10. The molecule has 0 aromatic carbocycles. The summed E-state index contributed by atoms with van der Waals surface area (Å²) in [6.07, 6.45) is 21.8. The van der Waals surface area contributed by atoms with Crippen LogP contribution in [0.2, 0.25) is 0 Å². The van der Waals surface area contributed by atoms with Crippen LogP contribution in [0.4, 0.5) is 0 Å². The van der Waals surface area contributed by atoms with Crippen LogP contribution in [0.3, 0.4) is 0 Å². The molecule has 0 unspecified atom stereocenters. The summed E-state index contributed by atoms with van der Waals surface area (Å²) in [4.78, 5) is 5.92. The Hall–Kier alpha value is 0.486. The van der Waals surface area contributed by atoms with Crippen molar-refractivity contribution in [3.8, 4) is 9.75 Å². The Morgan fingerprint density at radius 3 is 1.70 bits per heavy atom. The summed E-state index contributed by atoms with van der Waals surface area (Å²) in [6, 6.07) is 17.2. The fourth-order valence-electron chi connectivity index (χ4n) is 4.42. The van der Waals surface area contributed by atoms with Crippen molar-refractivity contribution in [2.45, 2.75) is 117 Å². The van der Waals surface area contributed by atoms with Crippen LogP contribution in [-0.4, -0.2) is 36.3 Å². The number of ether oxygens (including phenoxy) is 1. The normalized spacial score (nSPS) is 11.5. The van der Waals surface area contributed by atoms with Gasteiger partial charge in [0.1, 0.15) is 0 Å². The molecule has 8 heteroatoms.